The van der Waals surface area contributed by atoms with Gasteiger partial charge >= 0.3 is 5.97 Å². The van der Waals surface area contributed by atoms with Crippen LogP contribution in [0.4, 0.5) is 0 Å². The highest BCUT2D eigenvalue weighted by atomic mass is 16.4. The molecule has 1 aliphatic rings. The standard InChI is InChI=1S/C17H24O2/c1-2-13(12-17(18)19)15-8-10-16(11-9-15)14-6-4-3-5-7-14/h8-11,13-14H,2-7,12H2,1H3,(H,18,19). The molecule has 0 bridgehead atoms. The van der Waals surface area contributed by atoms with Crippen LogP contribution in [-0.2, 0) is 4.79 Å². The third kappa shape index (κ3) is 3.82. The first-order valence-corrected chi connectivity index (χ1v) is 7.52. The molecule has 0 spiro atoms. The van der Waals surface area contributed by atoms with Crippen LogP contribution in [0.25, 0.3) is 0 Å². The maximum atomic E-state index is 10.9. The summed E-state index contributed by atoms with van der Waals surface area (Å²) in [4.78, 5) is 10.9. The van der Waals surface area contributed by atoms with Crippen molar-refractivity contribution in [3.63, 3.8) is 0 Å². The minimum Gasteiger partial charge on any atom is -0.481 e. The van der Waals surface area contributed by atoms with Crippen LogP contribution >= 0.6 is 0 Å². The fourth-order valence-corrected chi connectivity index (χ4v) is 3.18. The molecule has 1 unspecified atom stereocenters. The zero-order valence-electron chi connectivity index (χ0n) is 11.8. The van der Waals surface area contributed by atoms with E-state index in [1.165, 1.54) is 43.2 Å². The van der Waals surface area contributed by atoms with E-state index < -0.39 is 5.97 Å². The van der Waals surface area contributed by atoms with Gasteiger partial charge in [0.1, 0.15) is 0 Å². The monoisotopic (exact) mass is 260 g/mol. The van der Waals surface area contributed by atoms with Crippen LogP contribution in [0.1, 0.15) is 74.8 Å². The zero-order chi connectivity index (χ0) is 13.7. The Bertz CT molecular complexity index is 402. The maximum absolute atomic E-state index is 10.9. The van der Waals surface area contributed by atoms with Crippen molar-refractivity contribution < 1.29 is 9.90 Å². The lowest BCUT2D eigenvalue weighted by Gasteiger charge is -2.22. The second-order valence-electron chi connectivity index (χ2n) is 5.70. The summed E-state index contributed by atoms with van der Waals surface area (Å²) < 4.78 is 0. The van der Waals surface area contributed by atoms with E-state index in [0.717, 1.165) is 12.3 Å². The quantitative estimate of drug-likeness (QED) is 0.833. The van der Waals surface area contributed by atoms with Gasteiger partial charge in [0.2, 0.25) is 0 Å². The van der Waals surface area contributed by atoms with E-state index >= 15 is 0 Å². The Morgan fingerprint density at radius 3 is 2.37 bits per heavy atom. The summed E-state index contributed by atoms with van der Waals surface area (Å²) in [6, 6.07) is 8.72. The minimum absolute atomic E-state index is 0.151. The van der Waals surface area contributed by atoms with Gasteiger partial charge in [0.15, 0.2) is 0 Å². The molecule has 0 amide bonds. The van der Waals surface area contributed by atoms with Crippen molar-refractivity contribution >= 4 is 5.97 Å². The van der Waals surface area contributed by atoms with Gasteiger partial charge in [0, 0.05) is 0 Å². The molecule has 1 aromatic rings. The van der Waals surface area contributed by atoms with Crippen LogP contribution in [0.2, 0.25) is 0 Å². The van der Waals surface area contributed by atoms with Crippen LogP contribution in [0.3, 0.4) is 0 Å². The fraction of sp³-hybridized carbons (Fsp3) is 0.588. The summed E-state index contributed by atoms with van der Waals surface area (Å²) in [6.45, 7) is 2.06. The summed E-state index contributed by atoms with van der Waals surface area (Å²) in [5.74, 6) is 0.170. The number of aliphatic carboxylic acids is 1. The molecule has 1 aromatic carbocycles. The van der Waals surface area contributed by atoms with Crippen LogP contribution in [0, 0.1) is 0 Å². The third-order valence-corrected chi connectivity index (χ3v) is 4.40. The molecular weight excluding hydrogens is 236 g/mol. The number of hydrogen-bond acceptors (Lipinski definition) is 1. The number of carboxylic acid groups (broad SMARTS) is 1. The van der Waals surface area contributed by atoms with Crippen molar-refractivity contribution in [1.82, 2.24) is 0 Å². The van der Waals surface area contributed by atoms with Gasteiger partial charge in [-0.1, -0.05) is 50.5 Å². The molecule has 0 saturated heterocycles. The van der Waals surface area contributed by atoms with Crippen LogP contribution in [0.5, 0.6) is 0 Å². The summed E-state index contributed by atoms with van der Waals surface area (Å²) >= 11 is 0. The Labute approximate surface area is 115 Å². The number of hydrogen-bond donors (Lipinski definition) is 1. The molecule has 0 heterocycles. The molecule has 19 heavy (non-hydrogen) atoms. The highest BCUT2D eigenvalue weighted by Crippen LogP contribution is 2.33. The number of benzene rings is 1. The molecule has 2 rings (SSSR count). The van der Waals surface area contributed by atoms with Gasteiger partial charge in [-0.2, -0.15) is 0 Å². The predicted molar refractivity (Wildman–Crippen MR) is 77.6 cm³/mol. The first-order chi connectivity index (χ1) is 9.20. The van der Waals surface area contributed by atoms with Crippen LogP contribution in [-0.4, -0.2) is 11.1 Å². The Balaban J connectivity index is 2.05. The summed E-state index contributed by atoms with van der Waals surface area (Å²) in [5.41, 5.74) is 2.61. The second kappa shape index (κ2) is 6.74. The second-order valence-corrected chi connectivity index (χ2v) is 5.70. The van der Waals surface area contributed by atoms with Crippen molar-refractivity contribution in [2.45, 2.75) is 63.7 Å². The lowest BCUT2D eigenvalue weighted by atomic mass is 9.83. The number of carbonyl (C=O) groups is 1. The summed E-state index contributed by atoms with van der Waals surface area (Å²) in [6.07, 6.45) is 7.82. The first-order valence-electron chi connectivity index (χ1n) is 7.52. The molecule has 0 aliphatic heterocycles. The molecule has 2 nitrogen and oxygen atoms in total. The average molecular weight is 260 g/mol. The van der Waals surface area contributed by atoms with Gasteiger partial charge in [-0.3, -0.25) is 4.79 Å². The van der Waals surface area contributed by atoms with Crippen molar-refractivity contribution in [3.05, 3.63) is 35.4 Å². The smallest absolute Gasteiger partial charge is 0.303 e. The Morgan fingerprint density at radius 1 is 1.21 bits per heavy atom. The SMILES string of the molecule is CCC(CC(=O)O)c1ccc(C2CCCCC2)cc1. The maximum Gasteiger partial charge on any atom is 0.303 e. The molecule has 104 valence electrons. The topological polar surface area (TPSA) is 37.3 Å². The molecule has 1 fully saturated rings. The Morgan fingerprint density at radius 2 is 1.84 bits per heavy atom. The van der Waals surface area contributed by atoms with E-state index in [4.69, 9.17) is 5.11 Å². The van der Waals surface area contributed by atoms with E-state index in [1.54, 1.807) is 0 Å². The van der Waals surface area contributed by atoms with Gasteiger partial charge in [-0.15, -0.1) is 0 Å². The van der Waals surface area contributed by atoms with Crippen LogP contribution < -0.4 is 0 Å². The van der Waals surface area contributed by atoms with Crippen molar-refractivity contribution in [2.75, 3.05) is 0 Å². The molecule has 1 N–H and O–H groups in total. The van der Waals surface area contributed by atoms with E-state index in [0.29, 0.717) is 0 Å². The third-order valence-electron chi connectivity index (χ3n) is 4.40. The lowest BCUT2D eigenvalue weighted by molar-refractivity contribution is -0.137. The average Bonchev–Trinajstić information content (AvgIpc) is 2.46. The lowest BCUT2D eigenvalue weighted by Crippen LogP contribution is -2.07. The number of carboxylic acids is 1. The van der Waals surface area contributed by atoms with E-state index in [-0.39, 0.29) is 12.3 Å². The van der Waals surface area contributed by atoms with E-state index in [1.807, 2.05) is 0 Å². The minimum atomic E-state index is -0.705. The zero-order valence-corrected chi connectivity index (χ0v) is 11.8. The van der Waals surface area contributed by atoms with Gasteiger partial charge in [0.25, 0.3) is 0 Å². The predicted octanol–water partition coefficient (Wildman–Crippen LogP) is 4.70. The van der Waals surface area contributed by atoms with Crippen molar-refractivity contribution in [1.29, 1.82) is 0 Å². The summed E-state index contributed by atoms with van der Waals surface area (Å²) in [5, 5.41) is 8.93. The highest BCUT2D eigenvalue weighted by Gasteiger charge is 2.17. The van der Waals surface area contributed by atoms with E-state index in [9.17, 15) is 4.79 Å². The molecule has 1 aliphatic carbocycles. The molecule has 1 atom stereocenters. The van der Waals surface area contributed by atoms with Gasteiger partial charge in [-0.25, -0.2) is 0 Å². The molecule has 0 aromatic heterocycles. The van der Waals surface area contributed by atoms with Crippen molar-refractivity contribution in [3.8, 4) is 0 Å². The fourth-order valence-electron chi connectivity index (χ4n) is 3.18. The van der Waals surface area contributed by atoms with Gasteiger partial charge in [0.05, 0.1) is 6.42 Å². The van der Waals surface area contributed by atoms with Gasteiger partial charge < -0.3 is 5.11 Å². The molecule has 2 heteroatoms. The summed E-state index contributed by atoms with van der Waals surface area (Å²) in [7, 11) is 0. The largest absolute Gasteiger partial charge is 0.481 e. The van der Waals surface area contributed by atoms with Crippen molar-refractivity contribution in [2.24, 2.45) is 0 Å². The highest BCUT2D eigenvalue weighted by molar-refractivity contribution is 5.68. The molecule has 0 radical (unpaired) electrons. The van der Waals surface area contributed by atoms with E-state index in [2.05, 4.69) is 31.2 Å². The van der Waals surface area contributed by atoms with Crippen LogP contribution in [0.15, 0.2) is 24.3 Å². The normalized spacial score (nSPS) is 18.2. The Kier molecular flexibility index (Phi) is 5.00. The number of rotatable bonds is 5. The Hall–Kier alpha value is -1.31. The molecule has 1 saturated carbocycles. The van der Waals surface area contributed by atoms with Gasteiger partial charge in [-0.05, 0) is 42.2 Å². The molecular formula is C17H24O2. The first kappa shape index (κ1) is 14.1.